The van der Waals surface area contributed by atoms with Gasteiger partial charge in [-0.05, 0) is 20.0 Å². The minimum Gasteiger partial charge on any atom is -0.353 e. The molecule has 80 valence electrons. The van der Waals surface area contributed by atoms with Crippen LogP contribution >= 0.6 is 23.1 Å². The highest BCUT2D eigenvalue weighted by Crippen LogP contribution is 2.26. The maximum absolute atomic E-state index is 4.10. The Kier molecular flexibility index (Phi) is 5.21. The van der Waals surface area contributed by atoms with E-state index in [-0.39, 0.29) is 0 Å². The van der Waals surface area contributed by atoms with Crippen LogP contribution in [-0.2, 0) is 0 Å². The molecule has 0 aromatic carbocycles. The lowest BCUT2D eigenvalue weighted by molar-refractivity contribution is 0.777. The summed E-state index contributed by atoms with van der Waals surface area (Å²) in [7, 11) is 5.94. The van der Waals surface area contributed by atoms with Gasteiger partial charge in [0.1, 0.15) is 0 Å². The van der Waals surface area contributed by atoms with Crippen molar-refractivity contribution in [3.8, 4) is 0 Å². The Balaban J connectivity index is 2.29. The number of aromatic nitrogens is 2. The van der Waals surface area contributed by atoms with E-state index in [1.165, 1.54) is 0 Å². The molecule has 4 nitrogen and oxygen atoms in total. The van der Waals surface area contributed by atoms with Gasteiger partial charge in [0.05, 0.1) is 0 Å². The Morgan fingerprint density at radius 3 is 2.79 bits per heavy atom. The van der Waals surface area contributed by atoms with Crippen molar-refractivity contribution in [3.63, 3.8) is 0 Å². The minimum absolute atomic E-state index is 0.973. The monoisotopic (exact) mass is 232 g/mol. The van der Waals surface area contributed by atoms with E-state index in [1.54, 1.807) is 23.1 Å². The van der Waals surface area contributed by atoms with Crippen molar-refractivity contribution < 1.29 is 0 Å². The lowest BCUT2D eigenvalue weighted by atomic mass is 10.5. The molecule has 0 unspecified atom stereocenters. The molecule has 0 spiro atoms. The minimum atomic E-state index is 0.973. The van der Waals surface area contributed by atoms with Gasteiger partial charge in [0.2, 0.25) is 5.13 Å². The summed E-state index contributed by atoms with van der Waals surface area (Å²) in [6.45, 7) is 1.06. The smallest absolute Gasteiger partial charge is 0.208 e. The molecule has 0 aliphatic carbocycles. The Morgan fingerprint density at radius 2 is 2.21 bits per heavy atom. The van der Waals surface area contributed by atoms with E-state index in [1.807, 2.05) is 26.0 Å². The molecular formula is C8H16N4S2. The third-order valence-electron chi connectivity index (χ3n) is 1.58. The maximum atomic E-state index is 4.10. The zero-order valence-electron chi connectivity index (χ0n) is 8.78. The first kappa shape index (κ1) is 11.7. The highest BCUT2D eigenvalue weighted by molar-refractivity contribution is 8.01. The SMILES string of the molecule is CNCCCSc1nnc(N(C)C)s1. The predicted molar refractivity (Wildman–Crippen MR) is 63.5 cm³/mol. The lowest BCUT2D eigenvalue weighted by Crippen LogP contribution is -2.07. The van der Waals surface area contributed by atoms with Crippen LogP contribution in [0.15, 0.2) is 4.34 Å². The fourth-order valence-electron chi connectivity index (χ4n) is 0.850. The van der Waals surface area contributed by atoms with Gasteiger partial charge in [0.15, 0.2) is 4.34 Å². The molecule has 0 aliphatic rings. The maximum Gasteiger partial charge on any atom is 0.208 e. The lowest BCUT2D eigenvalue weighted by Gasteiger charge is -2.03. The standard InChI is InChI=1S/C8H16N4S2/c1-9-5-4-6-13-8-11-10-7(14-8)12(2)3/h9H,4-6H2,1-3H3. The highest BCUT2D eigenvalue weighted by Gasteiger charge is 2.05. The topological polar surface area (TPSA) is 41.1 Å². The van der Waals surface area contributed by atoms with E-state index in [0.717, 1.165) is 28.2 Å². The Bertz CT molecular complexity index is 262. The summed E-state index contributed by atoms with van der Waals surface area (Å²) in [6.07, 6.45) is 1.16. The fraction of sp³-hybridized carbons (Fsp3) is 0.750. The van der Waals surface area contributed by atoms with Crippen molar-refractivity contribution in [1.29, 1.82) is 0 Å². The van der Waals surface area contributed by atoms with Gasteiger partial charge >= 0.3 is 0 Å². The number of nitrogens with zero attached hydrogens (tertiary/aromatic N) is 3. The van der Waals surface area contributed by atoms with E-state index >= 15 is 0 Å². The van der Waals surface area contributed by atoms with Crippen LogP contribution in [-0.4, -0.2) is 43.6 Å². The summed E-state index contributed by atoms with van der Waals surface area (Å²) < 4.78 is 1.06. The molecule has 0 saturated carbocycles. The molecule has 1 N–H and O–H groups in total. The summed E-state index contributed by atoms with van der Waals surface area (Å²) in [5, 5.41) is 12.3. The fourth-order valence-corrected chi connectivity index (χ4v) is 2.62. The molecule has 0 amide bonds. The molecule has 1 aromatic rings. The number of thioether (sulfide) groups is 1. The number of nitrogens with one attached hydrogen (secondary N) is 1. The summed E-state index contributed by atoms with van der Waals surface area (Å²) in [6, 6.07) is 0. The van der Waals surface area contributed by atoms with Crippen LogP contribution in [0.25, 0.3) is 0 Å². The second-order valence-electron chi connectivity index (χ2n) is 3.05. The first-order valence-electron chi connectivity index (χ1n) is 4.52. The highest BCUT2D eigenvalue weighted by atomic mass is 32.2. The molecule has 6 heteroatoms. The van der Waals surface area contributed by atoms with Gasteiger partial charge in [-0.15, -0.1) is 10.2 Å². The summed E-state index contributed by atoms with van der Waals surface area (Å²) in [5.41, 5.74) is 0. The average Bonchev–Trinajstić information content (AvgIpc) is 2.61. The van der Waals surface area contributed by atoms with E-state index in [2.05, 4.69) is 15.5 Å². The van der Waals surface area contributed by atoms with Crippen molar-refractivity contribution in [2.24, 2.45) is 0 Å². The Morgan fingerprint density at radius 1 is 1.43 bits per heavy atom. The van der Waals surface area contributed by atoms with Crippen LogP contribution in [0, 0.1) is 0 Å². The number of hydrogen-bond donors (Lipinski definition) is 1. The molecule has 1 heterocycles. The second kappa shape index (κ2) is 6.21. The zero-order chi connectivity index (χ0) is 10.4. The molecule has 0 aliphatic heterocycles. The molecule has 1 aromatic heterocycles. The van der Waals surface area contributed by atoms with Gasteiger partial charge in [-0.3, -0.25) is 0 Å². The van der Waals surface area contributed by atoms with Crippen LogP contribution < -0.4 is 10.2 Å². The van der Waals surface area contributed by atoms with Crippen LogP contribution in [0.4, 0.5) is 5.13 Å². The summed E-state index contributed by atoms with van der Waals surface area (Å²) in [4.78, 5) is 1.98. The summed E-state index contributed by atoms with van der Waals surface area (Å²) >= 11 is 3.42. The Hall–Kier alpha value is -0.330. The van der Waals surface area contributed by atoms with Crippen molar-refractivity contribution >= 4 is 28.2 Å². The van der Waals surface area contributed by atoms with Crippen molar-refractivity contribution in [2.75, 3.05) is 38.3 Å². The normalized spacial score (nSPS) is 10.5. The van der Waals surface area contributed by atoms with Gasteiger partial charge in [-0.25, -0.2) is 0 Å². The van der Waals surface area contributed by atoms with Gasteiger partial charge in [0, 0.05) is 19.8 Å². The Labute approximate surface area is 93.1 Å². The van der Waals surface area contributed by atoms with E-state index in [0.29, 0.717) is 0 Å². The molecule has 0 bridgehead atoms. The largest absolute Gasteiger partial charge is 0.353 e. The number of hydrogen-bond acceptors (Lipinski definition) is 6. The van der Waals surface area contributed by atoms with Crippen molar-refractivity contribution in [1.82, 2.24) is 15.5 Å². The molecule has 14 heavy (non-hydrogen) atoms. The van der Waals surface area contributed by atoms with E-state index in [4.69, 9.17) is 0 Å². The quantitative estimate of drug-likeness (QED) is 0.591. The first-order valence-corrected chi connectivity index (χ1v) is 6.32. The van der Waals surface area contributed by atoms with Gasteiger partial charge in [-0.2, -0.15) is 0 Å². The molecule has 0 atom stereocenters. The van der Waals surface area contributed by atoms with Crippen molar-refractivity contribution in [3.05, 3.63) is 0 Å². The van der Waals surface area contributed by atoms with E-state index < -0.39 is 0 Å². The van der Waals surface area contributed by atoms with Crippen LogP contribution in [0.2, 0.25) is 0 Å². The number of anilines is 1. The van der Waals surface area contributed by atoms with E-state index in [9.17, 15) is 0 Å². The summed E-state index contributed by atoms with van der Waals surface area (Å²) in [5.74, 6) is 1.10. The van der Waals surface area contributed by atoms with Crippen LogP contribution in [0.5, 0.6) is 0 Å². The number of rotatable bonds is 6. The molecule has 0 radical (unpaired) electrons. The van der Waals surface area contributed by atoms with Crippen LogP contribution in [0.1, 0.15) is 6.42 Å². The van der Waals surface area contributed by atoms with Crippen LogP contribution in [0.3, 0.4) is 0 Å². The van der Waals surface area contributed by atoms with Gasteiger partial charge in [-0.1, -0.05) is 23.1 Å². The third-order valence-corrected chi connectivity index (χ3v) is 3.89. The molecule has 0 fully saturated rings. The van der Waals surface area contributed by atoms with Gasteiger partial charge in [0.25, 0.3) is 0 Å². The second-order valence-corrected chi connectivity index (χ2v) is 5.35. The average molecular weight is 232 g/mol. The zero-order valence-corrected chi connectivity index (χ0v) is 10.4. The van der Waals surface area contributed by atoms with Crippen molar-refractivity contribution in [2.45, 2.75) is 10.8 Å². The first-order chi connectivity index (χ1) is 6.74. The molecule has 1 rings (SSSR count). The molecular weight excluding hydrogens is 216 g/mol. The molecule has 0 saturated heterocycles. The predicted octanol–water partition coefficient (Wildman–Crippen LogP) is 1.31. The van der Waals surface area contributed by atoms with Gasteiger partial charge < -0.3 is 10.2 Å². The third kappa shape index (κ3) is 3.81.